The van der Waals surface area contributed by atoms with Crippen molar-refractivity contribution in [1.82, 2.24) is 4.90 Å². The molecule has 1 fully saturated rings. The number of amides is 1. The Morgan fingerprint density at radius 3 is 2.61 bits per heavy atom. The van der Waals surface area contributed by atoms with Crippen LogP contribution in [0.15, 0.2) is 58.4 Å². The number of aliphatic carboxylic acids is 1. The fourth-order valence-electron chi connectivity index (χ4n) is 2.63. The number of carboxylic acids is 1. The molecule has 1 saturated heterocycles. The van der Waals surface area contributed by atoms with Crippen molar-refractivity contribution in [3.8, 4) is 5.75 Å². The summed E-state index contributed by atoms with van der Waals surface area (Å²) in [7, 11) is 1.71. The molecule has 1 heterocycles. The molecule has 3 rings (SSSR count). The topological polar surface area (TPSA) is 79.2 Å². The van der Waals surface area contributed by atoms with E-state index in [0.29, 0.717) is 15.8 Å². The van der Waals surface area contributed by atoms with Gasteiger partial charge in [-0.2, -0.15) is 0 Å². The molecule has 6 nitrogen and oxygen atoms in total. The molecule has 0 unspecified atom stereocenters. The molecular formula is C21H20N2O4S. The lowest BCUT2D eigenvalue weighted by Gasteiger charge is -2.08. The van der Waals surface area contributed by atoms with Gasteiger partial charge in [-0.05, 0) is 53.6 Å². The first-order valence-electron chi connectivity index (χ1n) is 8.76. The van der Waals surface area contributed by atoms with Crippen molar-refractivity contribution < 1.29 is 19.4 Å². The standard InChI is InChI=1S/C21H20N2O4S/c1-3-15-6-4-5-7-17(15)22-21-23(2)20(26)18(28-21)12-14-8-10-16(11-9-14)27-13-19(24)25/h4-12H,3,13H2,1-2H3,(H,24,25). The number of ether oxygens (including phenoxy) is 1. The molecule has 1 N–H and O–H groups in total. The number of aliphatic imine (C=N–C) groups is 1. The van der Waals surface area contributed by atoms with E-state index in [1.165, 1.54) is 11.8 Å². The zero-order valence-electron chi connectivity index (χ0n) is 15.6. The number of hydrogen-bond acceptors (Lipinski definition) is 5. The summed E-state index contributed by atoms with van der Waals surface area (Å²) >= 11 is 1.33. The highest BCUT2D eigenvalue weighted by atomic mass is 32.2. The number of carbonyl (C=O) groups is 2. The Morgan fingerprint density at radius 2 is 1.93 bits per heavy atom. The number of thioether (sulfide) groups is 1. The van der Waals surface area contributed by atoms with Crippen molar-refractivity contribution in [2.24, 2.45) is 4.99 Å². The van der Waals surface area contributed by atoms with Gasteiger partial charge in [0.2, 0.25) is 0 Å². The Bertz CT molecular complexity index is 951. The number of benzene rings is 2. The summed E-state index contributed by atoms with van der Waals surface area (Å²) in [6.45, 7) is 1.68. The lowest BCUT2D eigenvalue weighted by atomic mass is 10.1. The fraction of sp³-hybridized carbons (Fsp3) is 0.190. The Labute approximate surface area is 167 Å². The van der Waals surface area contributed by atoms with E-state index < -0.39 is 12.6 Å². The van der Waals surface area contributed by atoms with Crippen LogP contribution in [-0.2, 0) is 16.0 Å². The normalized spacial score (nSPS) is 16.8. The predicted molar refractivity (Wildman–Crippen MR) is 111 cm³/mol. The van der Waals surface area contributed by atoms with Crippen LogP contribution in [0.4, 0.5) is 5.69 Å². The molecule has 0 bridgehead atoms. The number of para-hydroxylation sites is 1. The minimum absolute atomic E-state index is 0.107. The van der Waals surface area contributed by atoms with E-state index in [0.717, 1.165) is 23.2 Å². The van der Waals surface area contributed by atoms with Gasteiger partial charge in [-0.15, -0.1) is 0 Å². The number of nitrogens with zero attached hydrogens (tertiary/aromatic N) is 2. The van der Waals surface area contributed by atoms with Crippen LogP contribution in [0.1, 0.15) is 18.1 Å². The summed E-state index contributed by atoms with van der Waals surface area (Å²) in [6.07, 6.45) is 2.66. The van der Waals surface area contributed by atoms with Crippen molar-refractivity contribution in [2.75, 3.05) is 13.7 Å². The smallest absolute Gasteiger partial charge is 0.341 e. The van der Waals surface area contributed by atoms with Gasteiger partial charge < -0.3 is 9.84 Å². The molecular weight excluding hydrogens is 376 g/mol. The maximum absolute atomic E-state index is 12.6. The van der Waals surface area contributed by atoms with E-state index in [2.05, 4.69) is 11.9 Å². The van der Waals surface area contributed by atoms with Gasteiger partial charge in [0.05, 0.1) is 10.6 Å². The number of aryl methyl sites for hydroxylation is 1. The van der Waals surface area contributed by atoms with Crippen LogP contribution in [0.5, 0.6) is 5.75 Å². The molecule has 0 aromatic heterocycles. The van der Waals surface area contributed by atoms with E-state index in [4.69, 9.17) is 9.84 Å². The minimum Gasteiger partial charge on any atom is -0.482 e. The molecule has 144 valence electrons. The zero-order valence-corrected chi connectivity index (χ0v) is 16.4. The van der Waals surface area contributed by atoms with Gasteiger partial charge in [0.1, 0.15) is 5.75 Å². The highest BCUT2D eigenvalue weighted by Gasteiger charge is 2.30. The first-order chi connectivity index (χ1) is 13.5. The summed E-state index contributed by atoms with van der Waals surface area (Å²) in [5, 5.41) is 9.28. The van der Waals surface area contributed by atoms with Crippen LogP contribution in [0, 0.1) is 0 Å². The first kappa shape index (κ1) is 19.7. The molecule has 2 aromatic rings. The van der Waals surface area contributed by atoms with Crippen LogP contribution < -0.4 is 4.74 Å². The molecule has 28 heavy (non-hydrogen) atoms. The van der Waals surface area contributed by atoms with Crippen LogP contribution in [0.2, 0.25) is 0 Å². The SMILES string of the molecule is CCc1ccccc1N=C1SC(=Cc2ccc(OCC(=O)O)cc2)C(=O)N1C. The zero-order chi connectivity index (χ0) is 20.1. The number of carbonyl (C=O) groups excluding carboxylic acids is 1. The molecule has 7 heteroatoms. The molecule has 0 aliphatic carbocycles. The highest BCUT2D eigenvalue weighted by Crippen LogP contribution is 2.34. The fourth-order valence-corrected chi connectivity index (χ4v) is 3.61. The van der Waals surface area contributed by atoms with Gasteiger partial charge in [-0.25, -0.2) is 9.79 Å². The van der Waals surface area contributed by atoms with Crippen molar-refractivity contribution >= 4 is 40.6 Å². The quantitative estimate of drug-likeness (QED) is 0.748. The van der Waals surface area contributed by atoms with E-state index in [1.54, 1.807) is 42.3 Å². The highest BCUT2D eigenvalue weighted by molar-refractivity contribution is 8.18. The Morgan fingerprint density at radius 1 is 1.21 bits per heavy atom. The maximum Gasteiger partial charge on any atom is 0.341 e. The van der Waals surface area contributed by atoms with Crippen LogP contribution in [0.25, 0.3) is 6.08 Å². The average molecular weight is 396 g/mol. The van der Waals surface area contributed by atoms with Crippen molar-refractivity contribution in [1.29, 1.82) is 0 Å². The number of amidine groups is 1. The second-order valence-electron chi connectivity index (χ2n) is 6.10. The lowest BCUT2D eigenvalue weighted by molar-refractivity contribution is -0.139. The Kier molecular flexibility index (Phi) is 6.16. The third kappa shape index (κ3) is 4.61. The van der Waals surface area contributed by atoms with Gasteiger partial charge in [0.15, 0.2) is 11.8 Å². The summed E-state index contributed by atoms with van der Waals surface area (Å²) in [6, 6.07) is 14.8. The largest absolute Gasteiger partial charge is 0.482 e. The molecule has 1 aliphatic heterocycles. The minimum atomic E-state index is -1.03. The van der Waals surface area contributed by atoms with Gasteiger partial charge in [-0.3, -0.25) is 9.69 Å². The molecule has 1 amide bonds. The van der Waals surface area contributed by atoms with Gasteiger partial charge in [0, 0.05) is 7.05 Å². The molecule has 0 atom stereocenters. The van der Waals surface area contributed by atoms with Crippen molar-refractivity contribution in [3.05, 3.63) is 64.6 Å². The monoisotopic (exact) mass is 396 g/mol. The van der Waals surface area contributed by atoms with E-state index in [1.807, 2.05) is 24.3 Å². The van der Waals surface area contributed by atoms with Gasteiger partial charge in [0.25, 0.3) is 5.91 Å². The summed E-state index contributed by atoms with van der Waals surface area (Å²) in [4.78, 5) is 29.9. The van der Waals surface area contributed by atoms with Crippen LogP contribution >= 0.6 is 11.8 Å². The number of hydrogen-bond donors (Lipinski definition) is 1. The van der Waals surface area contributed by atoms with Crippen LogP contribution in [-0.4, -0.2) is 40.7 Å². The Hall–Kier alpha value is -3.06. The maximum atomic E-state index is 12.6. The van der Waals surface area contributed by atoms with Gasteiger partial charge in [-0.1, -0.05) is 37.3 Å². The van der Waals surface area contributed by atoms with Crippen LogP contribution in [0.3, 0.4) is 0 Å². The van der Waals surface area contributed by atoms with E-state index in [9.17, 15) is 9.59 Å². The lowest BCUT2D eigenvalue weighted by Crippen LogP contribution is -2.23. The average Bonchev–Trinajstić information content (AvgIpc) is 2.95. The van der Waals surface area contributed by atoms with E-state index >= 15 is 0 Å². The molecule has 0 radical (unpaired) electrons. The second kappa shape index (κ2) is 8.75. The van der Waals surface area contributed by atoms with Gasteiger partial charge >= 0.3 is 5.97 Å². The van der Waals surface area contributed by atoms with E-state index in [-0.39, 0.29) is 5.91 Å². The number of likely N-dealkylation sites (N-methyl/N-ethyl adjacent to an activating group) is 1. The number of rotatable bonds is 6. The number of carboxylic acid groups (broad SMARTS) is 1. The summed E-state index contributed by atoms with van der Waals surface area (Å²) in [5.74, 6) is -0.673. The summed E-state index contributed by atoms with van der Waals surface area (Å²) < 4.78 is 5.12. The molecule has 0 spiro atoms. The molecule has 2 aromatic carbocycles. The molecule has 0 saturated carbocycles. The van der Waals surface area contributed by atoms with Crippen molar-refractivity contribution in [2.45, 2.75) is 13.3 Å². The van der Waals surface area contributed by atoms with Crippen molar-refractivity contribution in [3.63, 3.8) is 0 Å². The first-order valence-corrected chi connectivity index (χ1v) is 9.58. The Balaban J connectivity index is 1.79. The summed E-state index contributed by atoms with van der Waals surface area (Å²) in [5.41, 5.74) is 2.82. The third-order valence-electron chi connectivity index (χ3n) is 4.13. The molecule has 1 aliphatic rings. The predicted octanol–water partition coefficient (Wildman–Crippen LogP) is 3.95. The third-order valence-corrected chi connectivity index (χ3v) is 5.19. The second-order valence-corrected chi connectivity index (χ2v) is 7.11.